The average molecular weight is 167 g/mol. The molecule has 1 aromatic rings. The predicted octanol–water partition coefficient (Wildman–Crippen LogP) is 0.547. The number of aromatic nitrogens is 2. The zero-order valence-corrected chi connectivity index (χ0v) is 7.32. The minimum absolute atomic E-state index is 0.302. The molecule has 0 spiro atoms. The topological polar surface area (TPSA) is 61.0 Å². The molecular weight excluding hydrogens is 154 g/mol. The van der Waals surface area contributed by atoms with E-state index in [4.69, 9.17) is 10.5 Å². The Morgan fingerprint density at radius 2 is 2.08 bits per heavy atom. The molecule has 2 N–H and O–H groups in total. The van der Waals surface area contributed by atoms with E-state index in [-0.39, 0.29) is 0 Å². The first kappa shape index (κ1) is 8.93. The van der Waals surface area contributed by atoms with E-state index < -0.39 is 0 Å². The lowest BCUT2D eigenvalue weighted by molar-refractivity contribution is 0.379. The number of nitrogens with zero attached hydrogens (tertiary/aromatic N) is 2. The molecule has 1 unspecified atom stereocenters. The van der Waals surface area contributed by atoms with Crippen molar-refractivity contribution in [3.05, 3.63) is 18.0 Å². The van der Waals surface area contributed by atoms with Crippen molar-refractivity contribution < 1.29 is 4.74 Å². The minimum atomic E-state index is 0.302. The van der Waals surface area contributed by atoms with Gasteiger partial charge in [-0.3, -0.25) is 0 Å². The van der Waals surface area contributed by atoms with Crippen molar-refractivity contribution in [1.82, 2.24) is 9.97 Å². The lowest BCUT2D eigenvalue weighted by atomic mass is 10.1. The van der Waals surface area contributed by atoms with Gasteiger partial charge in [0.05, 0.1) is 7.11 Å². The van der Waals surface area contributed by atoms with Gasteiger partial charge >= 0.3 is 6.01 Å². The summed E-state index contributed by atoms with van der Waals surface area (Å²) < 4.78 is 4.83. The van der Waals surface area contributed by atoms with E-state index in [0.29, 0.717) is 18.5 Å². The second kappa shape index (κ2) is 4.01. The molecule has 0 amide bonds. The van der Waals surface area contributed by atoms with Gasteiger partial charge in [-0.25, -0.2) is 9.97 Å². The Kier molecular flexibility index (Phi) is 2.99. The van der Waals surface area contributed by atoms with Crippen molar-refractivity contribution in [2.75, 3.05) is 13.7 Å². The maximum atomic E-state index is 5.49. The van der Waals surface area contributed by atoms with Crippen LogP contribution < -0.4 is 10.5 Å². The molecule has 0 radical (unpaired) electrons. The molecule has 4 nitrogen and oxygen atoms in total. The zero-order chi connectivity index (χ0) is 8.97. The number of ether oxygens (including phenoxy) is 1. The lowest BCUT2D eigenvalue weighted by Gasteiger charge is -2.06. The van der Waals surface area contributed by atoms with Gasteiger partial charge in [0.2, 0.25) is 0 Å². The molecule has 1 heterocycles. The Bertz CT molecular complexity index is 235. The van der Waals surface area contributed by atoms with E-state index in [9.17, 15) is 0 Å². The van der Waals surface area contributed by atoms with Crippen LogP contribution in [0.5, 0.6) is 6.01 Å². The molecule has 0 aliphatic rings. The molecule has 0 bridgehead atoms. The second-order valence-electron chi connectivity index (χ2n) is 2.64. The van der Waals surface area contributed by atoms with Gasteiger partial charge in [-0.1, -0.05) is 6.92 Å². The van der Waals surface area contributed by atoms with Gasteiger partial charge in [0, 0.05) is 12.4 Å². The summed E-state index contributed by atoms with van der Waals surface area (Å²) >= 11 is 0. The van der Waals surface area contributed by atoms with Crippen LogP contribution in [-0.2, 0) is 0 Å². The van der Waals surface area contributed by atoms with Crippen molar-refractivity contribution in [3.63, 3.8) is 0 Å². The minimum Gasteiger partial charge on any atom is -0.467 e. The highest BCUT2D eigenvalue weighted by Gasteiger charge is 2.03. The summed E-state index contributed by atoms with van der Waals surface area (Å²) in [6, 6.07) is 0.392. The summed E-state index contributed by atoms with van der Waals surface area (Å²) in [6.07, 6.45) is 3.48. The average Bonchev–Trinajstić information content (AvgIpc) is 2.17. The predicted molar refractivity (Wildman–Crippen MR) is 46.1 cm³/mol. The van der Waals surface area contributed by atoms with Crippen molar-refractivity contribution in [1.29, 1.82) is 0 Å². The van der Waals surface area contributed by atoms with Gasteiger partial charge in [-0.2, -0.15) is 0 Å². The molecule has 0 fully saturated rings. The molecule has 0 aromatic carbocycles. The Hall–Kier alpha value is -1.16. The van der Waals surface area contributed by atoms with E-state index in [1.54, 1.807) is 19.5 Å². The number of nitrogens with two attached hydrogens (primary N) is 1. The summed E-state index contributed by atoms with van der Waals surface area (Å²) in [7, 11) is 1.54. The van der Waals surface area contributed by atoms with Gasteiger partial charge in [-0.15, -0.1) is 0 Å². The summed E-state index contributed by atoms with van der Waals surface area (Å²) in [6.45, 7) is 2.64. The normalized spacial score (nSPS) is 12.6. The summed E-state index contributed by atoms with van der Waals surface area (Å²) in [5.74, 6) is 0.302. The van der Waals surface area contributed by atoms with Crippen LogP contribution in [0.25, 0.3) is 0 Å². The zero-order valence-electron chi connectivity index (χ0n) is 7.32. The van der Waals surface area contributed by atoms with E-state index in [1.807, 2.05) is 6.92 Å². The number of hydrogen-bond acceptors (Lipinski definition) is 4. The SMILES string of the molecule is COc1ncc(C(C)CN)cn1. The van der Waals surface area contributed by atoms with Crippen molar-refractivity contribution >= 4 is 0 Å². The highest BCUT2D eigenvalue weighted by molar-refractivity contribution is 5.12. The first-order chi connectivity index (χ1) is 5.77. The van der Waals surface area contributed by atoms with E-state index >= 15 is 0 Å². The number of methoxy groups -OCH3 is 1. The van der Waals surface area contributed by atoms with Crippen LogP contribution >= 0.6 is 0 Å². The highest BCUT2D eigenvalue weighted by atomic mass is 16.5. The van der Waals surface area contributed by atoms with Gasteiger partial charge < -0.3 is 10.5 Å². The third-order valence-corrected chi connectivity index (χ3v) is 1.75. The van der Waals surface area contributed by atoms with E-state index in [2.05, 4.69) is 9.97 Å². The Morgan fingerprint density at radius 1 is 1.50 bits per heavy atom. The fraction of sp³-hybridized carbons (Fsp3) is 0.500. The van der Waals surface area contributed by atoms with E-state index in [0.717, 1.165) is 5.56 Å². The molecule has 1 aromatic heterocycles. The molecule has 1 atom stereocenters. The van der Waals surface area contributed by atoms with Crippen LogP contribution in [0.1, 0.15) is 18.4 Å². The summed E-state index contributed by atoms with van der Waals surface area (Å²) in [4.78, 5) is 7.95. The first-order valence-electron chi connectivity index (χ1n) is 3.84. The van der Waals surface area contributed by atoms with Crippen LogP contribution in [0.15, 0.2) is 12.4 Å². The Balaban J connectivity index is 2.77. The fourth-order valence-corrected chi connectivity index (χ4v) is 0.822. The highest BCUT2D eigenvalue weighted by Crippen LogP contribution is 2.12. The van der Waals surface area contributed by atoms with Crippen LogP contribution in [0.3, 0.4) is 0 Å². The molecule has 1 rings (SSSR count). The Morgan fingerprint density at radius 3 is 2.50 bits per heavy atom. The smallest absolute Gasteiger partial charge is 0.316 e. The van der Waals surface area contributed by atoms with Gasteiger partial charge in [-0.05, 0) is 18.0 Å². The van der Waals surface area contributed by atoms with Crippen molar-refractivity contribution in [2.45, 2.75) is 12.8 Å². The second-order valence-corrected chi connectivity index (χ2v) is 2.64. The maximum absolute atomic E-state index is 5.49. The molecule has 0 saturated heterocycles. The third-order valence-electron chi connectivity index (χ3n) is 1.75. The fourth-order valence-electron chi connectivity index (χ4n) is 0.822. The monoisotopic (exact) mass is 167 g/mol. The molecule has 0 aliphatic carbocycles. The van der Waals surface area contributed by atoms with E-state index in [1.165, 1.54) is 0 Å². The summed E-state index contributed by atoms with van der Waals surface area (Å²) in [5, 5.41) is 0. The van der Waals surface area contributed by atoms with Crippen LogP contribution in [-0.4, -0.2) is 23.6 Å². The first-order valence-corrected chi connectivity index (χ1v) is 3.84. The Labute approximate surface area is 71.8 Å². The van der Waals surface area contributed by atoms with Crippen LogP contribution in [0.2, 0.25) is 0 Å². The largest absolute Gasteiger partial charge is 0.467 e. The van der Waals surface area contributed by atoms with Gasteiger partial charge in [0.1, 0.15) is 0 Å². The maximum Gasteiger partial charge on any atom is 0.316 e. The summed E-state index contributed by atoms with van der Waals surface area (Å²) in [5.41, 5.74) is 6.53. The van der Waals surface area contributed by atoms with Crippen LogP contribution in [0, 0.1) is 0 Å². The lowest BCUT2D eigenvalue weighted by Crippen LogP contribution is -2.09. The van der Waals surface area contributed by atoms with Gasteiger partial charge in [0.25, 0.3) is 0 Å². The standard InChI is InChI=1S/C8H13N3O/c1-6(3-9)7-4-10-8(12-2)11-5-7/h4-6H,3,9H2,1-2H3. The van der Waals surface area contributed by atoms with Gasteiger partial charge in [0.15, 0.2) is 0 Å². The van der Waals surface area contributed by atoms with Crippen LogP contribution in [0.4, 0.5) is 0 Å². The quantitative estimate of drug-likeness (QED) is 0.714. The molecule has 12 heavy (non-hydrogen) atoms. The molecular formula is C8H13N3O. The number of hydrogen-bond donors (Lipinski definition) is 1. The molecule has 66 valence electrons. The molecule has 0 aliphatic heterocycles. The number of rotatable bonds is 3. The van der Waals surface area contributed by atoms with Crippen molar-refractivity contribution in [2.24, 2.45) is 5.73 Å². The molecule has 4 heteroatoms. The van der Waals surface area contributed by atoms with Crippen molar-refractivity contribution in [3.8, 4) is 6.01 Å². The third kappa shape index (κ3) is 1.92. The molecule has 0 saturated carbocycles.